The lowest BCUT2D eigenvalue weighted by atomic mass is 9.84. The minimum Gasteiger partial charge on any atom is -0.490 e. The second kappa shape index (κ2) is 7.77. The van der Waals surface area contributed by atoms with Gasteiger partial charge in [-0.1, -0.05) is 25.0 Å². The van der Waals surface area contributed by atoms with Crippen molar-refractivity contribution in [1.29, 1.82) is 0 Å². The highest BCUT2D eigenvalue weighted by atomic mass is 19.1. The minimum atomic E-state index is -0.455. The van der Waals surface area contributed by atoms with Crippen LogP contribution < -0.4 is 15.8 Å². The van der Waals surface area contributed by atoms with E-state index in [4.69, 9.17) is 10.5 Å². The molecule has 2 rings (SSSR count). The monoisotopic (exact) mass is 308 g/mol. The molecule has 0 bridgehead atoms. The molecule has 0 heterocycles. The van der Waals surface area contributed by atoms with E-state index in [1.54, 1.807) is 12.1 Å². The molecule has 1 aliphatic carbocycles. The number of nitrogens with two attached hydrogens (primary N) is 1. The van der Waals surface area contributed by atoms with Gasteiger partial charge in [0.2, 0.25) is 11.8 Å². The summed E-state index contributed by atoms with van der Waals surface area (Å²) in [6.07, 6.45) is 3.51. The molecule has 3 N–H and O–H groups in total. The van der Waals surface area contributed by atoms with Crippen LogP contribution in [0.25, 0.3) is 0 Å². The lowest BCUT2D eigenvalue weighted by molar-refractivity contribution is -0.126. The van der Waals surface area contributed by atoms with E-state index in [1.807, 2.05) is 0 Å². The number of carbonyl (C=O) groups is 2. The van der Waals surface area contributed by atoms with E-state index in [0.29, 0.717) is 6.42 Å². The Morgan fingerprint density at radius 1 is 1.27 bits per heavy atom. The van der Waals surface area contributed by atoms with Crippen LogP contribution in [0.3, 0.4) is 0 Å². The van der Waals surface area contributed by atoms with Crippen molar-refractivity contribution in [2.24, 2.45) is 11.7 Å². The van der Waals surface area contributed by atoms with Gasteiger partial charge < -0.3 is 15.8 Å². The van der Waals surface area contributed by atoms with Crippen LogP contribution in [0.2, 0.25) is 0 Å². The van der Waals surface area contributed by atoms with Gasteiger partial charge in [-0.3, -0.25) is 9.59 Å². The van der Waals surface area contributed by atoms with Crippen molar-refractivity contribution in [3.05, 3.63) is 30.1 Å². The molecule has 2 amide bonds. The third kappa shape index (κ3) is 4.44. The fourth-order valence-electron chi connectivity index (χ4n) is 2.74. The molecular formula is C16H21FN2O3. The van der Waals surface area contributed by atoms with Gasteiger partial charge in [0.1, 0.15) is 0 Å². The van der Waals surface area contributed by atoms with Crippen LogP contribution in [0.5, 0.6) is 5.75 Å². The largest absolute Gasteiger partial charge is 0.490 e. The summed E-state index contributed by atoms with van der Waals surface area (Å²) in [6.45, 7) is 0.0841. The maximum absolute atomic E-state index is 13.3. The number of para-hydroxylation sites is 1. The molecule has 0 aromatic heterocycles. The van der Waals surface area contributed by atoms with Crippen molar-refractivity contribution in [1.82, 2.24) is 5.32 Å². The lowest BCUT2D eigenvalue weighted by Gasteiger charge is -2.29. The first-order chi connectivity index (χ1) is 10.6. The highest BCUT2D eigenvalue weighted by Crippen LogP contribution is 2.24. The molecule has 1 fully saturated rings. The van der Waals surface area contributed by atoms with Crippen molar-refractivity contribution in [2.45, 2.75) is 38.1 Å². The minimum absolute atomic E-state index is 0.0841. The van der Waals surface area contributed by atoms with Crippen LogP contribution in [-0.4, -0.2) is 24.5 Å². The molecule has 1 aliphatic rings. The van der Waals surface area contributed by atoms with Gasteiger partial charge in [-0.2, -0.15) is 0 Å². The van der Waals surface area contributed by atoms with Crippen molar-refractivity contribution in [3.8, 4) is 5.75 Å². The van der Waals surface area contributed by atoms with Gasteiger partial charge in [0.15, 0.2) is 11.6 Å². The average Bonchev–Trinajstić information content (AvgIpc) is 2.49. The van der Waals surface area contributed by atoms with Gasteiger partial charge in [0.05, 0.1) is 18.9 Å². The van der Waals surface area contributed by atoms with Crippen molar-refractivity contribution in [3.63, 3.8) is 0 Å². The zero-order valence-electron chi connectivity index (χ0n) is 12.4. The number of ether oxygens (including phenoxy) is 1. The third-order valence-electron chi connectivity index (χ3n) is 3.90. The van der Waals surface area contributed by atoms with E-state index in [-0.39, 0.29) is 42.6 Å². The number of benzene rings is 1. The SMILES string of the molecule is NC(=O)[C@H]1CCCC[C@H]1NC(=O)CCOc1ccccc1F. The van der Waals surface area contributed by atoms with Crippen LogP contribution in [-0.2, 0) is 9.59 Å². The first-order valence-corrected chi connectivity index (χ1v) is 7.54. The third-order valence-corrected chi connectivity index (χ3v) is 3.90. The second-order valence-corrected chi connectivity index (χ2v) is 5.50. The molecule has 0 spiro atoms. The summed E-state index contributed by atoms with van der Waals surface area (Å²) in [6, 6.07) is 5.85. The number of amides is 2. The molecule has 6 heteroatoms. The van der Waals surface area contributed by atoms with E-state index >= 15 is 0 Å². The maximum atomic E-state index is 13.3. The summed E-state index contributed by atoms with van der Waals surface area (Å²) in [5.74, 6) is -1.21. The summed E-state index contributed by atoms with van der Waals surface area (Å²) < 4.78 is 18.6. The maximum Gasteiger partial charge on any atom is 0.223 e. The van der Waals surface area contributed by atoms with E-state index in [9.17, 15) is 14.0 Å². The zero-order chi connectivity index (χ0) is 15.9. The molecule has 0 aliphatic heterocycles. The molecule has 5 nitrogen and oxygen atoms in total. The Morgan fingerprint density at radius 3 is 2.73 bits per heavy atom. The summed E-state index contributed by atoms with van der Waals surface area (Å²) in [5.41, 5.74) is 5.37. The summed E-state index contributed by atoms with van der Waals surface area (Å²) >= 11 is 0. The first kappa shape index (κ1) is 16.3. The summed E-state index contributed by atoms with van der Waals surface area (Å²) in [4.78, 5) is 23.3. The fourth-order valence-corrected chi connectivity index (χ4v) is 2.74. The number of primary amides is 1. The van der Waals surface area contributed by atoms with Crippen molar-refractivity contribution < 1.29 is 18.7 Å². The van der Waals surface area contributed by atoms with Crippen LogP contribution in [0.1, 0.15) is 32.1 Å². The Balaban J connectivity index is 1.78. The van der Waals surface area contributed by atoms with Gasteiger partial charge >= 0.3 is 0 Å². The van der Waals surface area contributed by atoms with Crippen molar-refractivity contribution >= 4 is 11.8 Å². The first-order valence-electron chi connectivity index (χ1n) is 7.54. The van der Waals surface area contributed by atoms with Gasteiger partial charge in [0, 0.05) is 6.04 Å². The van der Waals surface area contributed by atoms with E-state index in [2.05, 4.69) is 5.32 Å². The van der Waals surface area contributed by atoms with Crippen LogP contribution in [0, 0.1) is 11.7 Å². The van der Waals surface area contributed by atoms with Crippen LogP contribution in [0.15, 0.2) is 24.3 Å². The molecule has 0 unspecified atom stereocenters. The highest BCUT2D eigenvalue weighted by molar-refractivity contribution is 5.80. The molecule has 120 valence electrons. The Hall–Kier alpha value is -2.11. The number of nitrogens with one attached hydrogen (secondary N) is 1. The number of carbonyl (C=O) groups excluding carboxylic acids is 2. The summed E-state index contributed by atoms with van der Waals surface area (Å²) in [5, 5.41) is 2.84. The average molecular weight is 308 g/mol. The molecule has 1 saturated carbocycles. The van der Waals surface area contributed by atoms with Gasteiger partial charge in [0.25, 0.3) is 0 Å². The number of halogens is 1. The van der Waals surface area contributed by atoms with Crippen LogP contribution in [0.4, 0.5) is 4.39 Å². The van der Waals surface area contributed by atoms with E-state index < -0.39 is 5.82 Å². The summed E-state index contributed by atoms with van der Waals surface area (Å²) in [7, 11) is 0. The van der Waals surface area contributed by atoms with Crippen molar-refractivity contribution in [2.75, 3.05) is 6.61 Å². The second-order valence-electron chi connectivity index (χ2n) is 5.50. The van der Waals surface area contributed by atoms with Gasteiger partial charge in [-0.15, -0.1) is 0 Å². The topological polar surface area (TPSA) is 81.4 Å². The zero-order valence-corrected chi connectivity index (χ0v) is 12.4. The number of hydrogen-bond acceptors (Lipinski definition) is 3. The van der Waals surface area contributed by atoms with E-state index in [1.165, 1.54) is 12.1 Å². The molecule has 0 saturated heterocycles. The predicted molar refractivity (Wildman–Crippen MR) is 79.6 cm³/mol. The number of rotatable bonds is 6. The van der Waals surface area contributed by atoms with Gasteiger partial charge in [-0.05, 0) is 25.0 Å². The Kier molecular flexibility index (Phi) is 5.75. The molecule has 0 radical (unpaired) electrons. The molecule has 2 atom stereocenters. The molecule has 22 heavy (non-hydrogen) atoms. The molecule has 1 aromatic carbocycles. The molecular weight excluding hydrogens is 287 g/mol. The Labute approximate surface area is 129 Å². The predicted octanol–water partition coefficient (Wildman–Crippen LogP) is 1.75. The highest BCUT2D eigenvalue weighted by Gasteiger charge is 2.30. The molecule has 1 aromatic rings. The Bertz CT molecular complexity index is 536. The van der Waals surface area contributed by atoms with Crippen LogP contribution >= 0.6 is 0 Å². The Morgan fingerprint density at radius 2 is 2.00 bits per heavy atom. The smallest absolute Gasteiger partial charge is 0.223 e. The quantitative estimate of drug-likeness (QED) is 0.840. The fraction of sp³-hybridized carbons (Fsp3) is 0.500. The van der Waals surface area contributed by atoms with Gasteiger partial charge in [-0.25, -0.2) is 4.39 Å². The van der Waals surface area contributed by atoms with E-state index in [0.717, 1.165) is 19.3 Å². The standard InChI is InChI=1S/C16H21FN2O3/c17-12-6-2-4-8-14(12)22-10-9-15(20)19-13-7-3-1-5-11(13)16(18)21/h2,4,6,8,11,13H,1,3,5,7,9-10H2,(H2,18,21)(H,19,20)/t11-,13+/m0/s1. The normalized spacial score (nSPS) is 21.1. The lowest BCUT2D eigenvalue weighted by Crippen LogP contribution is -2.47. The number of hydrogen-bond donors (Lipinski definition) is 2.